The van der Waals surface area contributed by atoms with Crippen LogP contribution in [-0.4, -0.2) is 30.1 Å². The first-order valence-electron chi connectivity index (χ1n) is 6.35. The van der Waals surface area contributed by atoms with Gasteiger partial charge in [0.05, 0.1) is 18.2 Å². The lowest BCUT2D eigenvalue weighted by atomic mass is 10.1. The number of aromatic carboxylic acids is 1. The molecule has 0 atom stereocenters. The molecule has 1 N–H and O–H groups in total. The van der Waals surface area contributed by atoms with E-state index in [9.17, 15) is 14.4 Å². The van der Waals surface area contributed by atoms with E-state index in [4.69, 9.17) is 21.4 Å². The van der Waals surface area contributed by atoms with Gasteiger partial charge in [-0.05, 0) is 42.5 Å². The average Bonchev–Trinajstić information content (AvgIpc) is 2.55. The number of carbonyl (C=O) groups excluding carboxylic acids is 2. The highest BCUT2D eigenvalue weighted by Gasteiger charge is 2.17. The summed E-state index contributed by atoms with van der Waals surface area (Å²) < 4.78 is 9.63. The van der Waals surface area contributed by atoms with Crippen molar-refractivity contribution >= 4 is 29.5 Å². The van der Waals surface area contributed by atoms with E-state index < -0.39 is 17.9 Å². The second kappa shape index (κ2) is 6.93. The van der Waals surface area contributed by atoms with E-state index in [0.29, 0.717) is 0 Å². The maximum absolute atomic E-state index is 12.1. The van der Waals surface area contributed by atoms with Gasteiger partial charge in [-0.2, -0.15) is 0 Å². The van der Waals surface area contributed by atoms with Crippen molar-refractivity contribution in [3.05, 3.63) is 64.2 Å². The SMILES string of the molecule is COC(=O)c1ccc(C(=O)Oc2ccc(Cl)cc2C(=O)O)cc1. The molecule has 2 aromatic rings. The number of carbonyl (C=O) groups is 3. The van der Waals surface area contributed by atoms with E-state index in [1.807, 2.05) is 0 Å². The highest BCUT2D eigenvalue weighted by atomic mass is 35.5. The molecule has 0 amide bonds. The average molecular weight is 335 g/mol. The van der Waals surface area contributed by atoms with Crippen molar-refractivity contribution in [3.8, 4) is 5.75 Å². The predicted octanol–water partition coefficient (Wildman–Crippen LogP) is 3.04. The van der Waals surface area contributed by atoms with E-state index >= 15 is 0 Å². The molecule has 0 saturated heterocycles. The summed E-state index contributed by atoms with van der Waals surface area (Å²) in [5.41, 5.74) is 0.211. The van der Waals surface area contributed by atoms with Crippen LogP contribution in [-0.2, 0) is 4.74 Å². The zero-order valence-electron chi connectivity index (χ0n) is 11.9. The minimum Gasteiger partial charge on any atom is -0.478 e. The minimum atomic E-state index is -1.27. The van der Waals surface area contributed by atoms with Crippen molar-refractivity contribution in [3.63, 3.8) is 0 Å². The number of rotatable bonds is 4. The van der Waals surface area contributed by atoms with Crippen LogP contribution in [0.25, 0.3) is 0 Å². The molecule has 0 aliphatic heterocycles. The number of halogens is 1. The molecule has 6 nitrogen and oxygen atoms in total. The number of ether oxygens (including phenoxy) is 2. The number of methoxy groups -OCH3 is 1. The Morgan fingerprint density at radius 2 is 1.52 bits per heavy atom. The number of hydrogen-bond donors (Lipinski definition) is 1. The first-order valence-corrected chi connectivity index (χ1v) is 6.73. The molecule has 0 aliphatic rings. The van der Waals surface area contributed by atoms with Crippen molar-refractivity contribution in [2.24, 2.45) is 0 Å². The Kier molecular flexibility index (Phi) is 4.98. The second-order valence-corrected chi connectivity index (χ2v) is 4.84. The van der Waals surface area contributed by atoms with Gasteiger partial charge in [-0.25, -0.2) is 14.4 Å². The van der Waals surface area contributed by atoms with Crippen LogP contribution < -0.4 is 4.74 Å². The first kappa shape index (κ1) is 16.5. The molecule has 0 aliphatic carbocycles. The molecular weight excluding hydrogens is 324 g/mol. The van der Waals surface area contributed by atoms with Gasteiger partial charge in [0.25, 0.3) is 0 Å². The molecule has 0 aromatic heterocycles. The van der Waals surface area contributed by atoms with Crippen molar-refractivity contribution in [1.29, 1.82) is 0 Å². The fraction of sp³-hybridized carbons (Fsp3) is 0.0625. The third kappa shape index (κ3) is 3.87. The molecule has 0 saturated carbocycles. The van der Waals surface area contributed by atoms with Crippen LogP contribution in [0.3, 0.4) is 0 Å². The number of carboxylic acids is 1. The Hall–Kier alpha value is -2.86. The fourth-order valence-electron chi connectivity index (χ4n) is 1.78. The van der Waals surface area contributed by atoms with E-state index in [-0.39, 0.29) is 27.5 Å². The Bertz CT molecular complexity index is 767. The minimum absolute atomic E-state index is 0.121. The van der Waals surface area contributed by atoms with Gasteiger partial charge >= 0.3 is 17.9 Å². The summed E-state index contributed by atoms with van der Waals surface area (Å²) in [5.74, 6) is -2.68. The van der Waals surface area contributed by atoms with E-state index in [2.05, 4.69) is 4.74 Å². The van der Waals surface area contributed by atoms with Gasteiger partial charge in [0, 0.05) is 5.02 Å². The largest absolute Gasteiger partial charge is 0.478 e. The van der Waals surface area contributed by atoms with E-state index in [1.165, 1.54) is 49.6 Å². The second-order valence-electron chi connectivity index (χ2n) is 4.40. The Labute approximate surface area is 136 Å². The third-order valence-corrected chi connectivity index (χ3v) is 3.15. The monoisotopic (exact) mass is 334 g/mol. The molecular formula is C16H11ClO6. The predicted molar refractivity (Wildman–Crippen MR) is 81.2 cm³/mol. The van der Waals surface area contributed by atoms with Crippen LogP contribution in [0.4, 0.5) is 0 Å². The summed E-state index contributed by atoms with van der Waals surface area (Å²) in [4.78, 5) is 34.5. The van der Waals surface area contributed by atoms with Crippen LogP contribution in [0.5, 0.6) is 5.75 Å². The first-order chi connectivity index (χ1) is 10.9. The molecule has 118 valence electrons. The Morgan fingerprint density at radius 3 is 2.04 bits per heavy atom. The van der Waals surface area contributed by atoms with Crippen molar-refractivity contribution in [2.75, 3.05) is 7.11 Å². The zero-order chi connectivity index (χ0) is 17.0. The molecule has 7 heteroatoms. The van der Waals surface area contributed by atoms with Crippen molar-refractivity contribution in [2.45, 2.75) is 0 Å². The van der Waals surface area contributed by atoms with Crippen molar-refractivity contribution < 1.29 is 29.0 Å². The van der Waals surface area contributed by atoms with E-state index in [0.717, 1.165) is 0 Å². The molecule has 2 aromatic carbocycles. The van der Waals surface area contributed by atoms with Crippen molar-refractivity contribution in [1.82, 2.24) is 0 Å². The van der Waals surface area contributed by atoms with Gasteiger partial charge in [-0.15, -0.1) is 0 Å². The summed E-state index contributed by atoms with van der Waals surface area (Å²) in [5, 5.41) is 9.31. The summed E-state index contributed by atoms with van der Waals surface area (Å²) in [7, 11) is 1.25. The highest BCUT2D eigenvalue weighted by molar-refractivity contribution is 6.31. The maximum atomic E-state index is 12.1. The molecule has 0 spiro atoms. The maximum Gasteiger partial charge on any atom is 0.343 e. The molecule has 23 heavy (non-hydrogen) atoms. The molecule has 0 bridgehead atoms. The van der Waals surface area contributed by atoms with Crippen LogP contribution in [0, 0.1) is 0 Å². The van der Waals surface area contributed by atoms with Crippen LogP contribution in [0.1, 0.15) is 31.1 Å². The van der Waals surface area contributed by atoms with Crippen LogP contribution >= 0.6 is 11.6 Å². The molecule has 2 rings (SSSR count). The normalized spacial score (nSPS) is 10.0. The molecule has 0 unspecified atom stereocenters. The van der Waals surface area contributed by atoms with Gasteiger partial charge in [0.15, 0.2) is 0 Å². The van der Waals surface area contributed by atoms with E-state index in [1.54, 1.807) is 0 Å². The lowest BCUT2D eigenvalue weighted by Gasteiger charge is -2.08. The number of esters is 2. The van der Waals surface area contributed by atoms with Gasteiger partial charge < -0.3 is 14.6 Å². The van der Waals surface area contributed by atoms with Gasteiger partial charge in [0.2, 0.25) is 0 Å². The highest BCUT2D eigenvalue weighted by Crippen LogP contribution is 2.24. The van der Waals surface area contributed by atoms with Crippen LogP contribution in [0.2, 0.25) is 5.02 Å². The quantitative estimate of drug-likeness (QED) is 0.682. The van der Waals surface area contributed by atoms with Gasteiger partial charge in [0.1, 0.15) is 11.3 Å². The summed E-state index contributed by atoms with van der Waals surface area (Å²) >= 11 is 5.73. The fourth-order valence-corrected chi connectivity index (χ4v) is 1.95. The Morgan fingerprint density at radius 1 is 0.957 bits per heavy atom. The number of carboxylic acid groups (broad SMARTS) is 1. The molecule has 0 heterocycles. The summed E-state index contributed by atoms with van der Waals surface area (Å²) in [6, 6.07) is 9.47. The lowest BCUT2D eigenvalue weighted by Crippen LogP contribution is -2.12. The van der Waals surface area contributed by atoms with Crippen LogP contribution in [0.15, 0.2) is 42.5 Å². The van der Waals surface area contributed by atoms with Gasteiger partial charge in [-0.1, -0.05) is 11.6 Å². The Balaban J connectivity index is 2.22. The molecule has 0 fully saturated rings. The summed E-state index contributed by atoms with van der Waals surface area (Å²) in [6.45, 7) is 0. The smallest absolute Gasteiger partial charge is 0.343 e. The lowest BCUT2D eigenvalue weighted by molar-refractivity contribution is 0.0597. The summed E-state index contributed by atoms with van der Waals surface area (Å²) in [6.07, 6.45) is 0. The third-order valence-electron chi connectivity index (χ3n) is 2.92. The zero-order valence-corrected chi connectivity index (χ0v) is 12.7. The topological polar surface area (TPSA) is 89.9 Å². The number of hydrogen-bond acceptors (Lipinski definition) is 5. The number of benzene rings is 2. The van der Waals surface area contributed by atoms with Gasteiger partial charge in [-0.3, -0.25) is 0 Å². The standard InChI is InChI=1S/C16H11ClO6/c1-22-15(20)9-2-4-10(5-3-9)16(21)23-13-7-6-11(17)8-12(13)14(18)19/h2-8H,1H3,(H,18,19). The molecule has 0 radical (unpaired) electrons.